The number of rotatable bonds is 5. The molecule has 0 saturated heterocycles. The first-order valence-corrected chi connectivity index (χ1v) is 9.66. The molecule has 0 radical (unpaired) electrons. The van der Waals surface area contributed by atoms with E-state index < -0.39 is 0 Å². The first-order chi connectivity index (χ1) is 13.1. The molecule has 4 rings (SSSR count). The molecule has 0 bridgehead atoms. The highest BCUT2D eigenvalue weighted by molar-refractivity contribution is 9.10. The molecule has 1 fully saturated rings. The Kier molecular flexibility index (Phi) is 5.03. The third-order valence-corrected chi connectivity index (χ3v) is 5.12. The number of nitrogens with one attached hydrogen (secondary N) is 2. The van der Waals surface area contributed by atoms with Crippen LogP contribution in [0.1, 0.15) is 28.8 Å². The van der Waals surface area contributed by atoms with Crippen molar-refractivity contribution in [2.45, 2.75) is 25.3 Å². The highest BCUT2D eigenvalue weighted by Gasteiger charge is 2.24. The van der Waals surface area contributed by atoms with Crippen molar-refractivity contribution in [1.29, 1.82) is 0 Å². The monoisotopic (exact) mass is 430 g/mol. The summed E-state index contributed by atoms with van der Waals surface area (Å²) in [6.45, 7) is 1.01. The zero-order chi connectivity index (χ0) is 18.8. The van der Waals surface area contributed by atoms with E-state index in [1.54, 1.807) is 24.3 Å². The fraction of sp³-hybridized carbons (Fsp3) is 0.300. The summed E-state index contributed by atoms with van der Waals surface area (Å²) >= 11 is 3.48. The van der Waals surface area contributed by atoms with Crippen LogP contribution in [0.2, 0.25) is 0 Å². The molecular weight excluding hydrogens is 412 g/mol. The molecule has 140 valence electrons. The van der Waals surface area contributed by atoms with Crippen molar-refractivity contribution in [2.75, 3.05) is 18.5 Å². The van der Waals surface area contributed by atoms with Gasteiger partial charge in [0.25, 0.3) is 5.91 Å². The molecule has 7 heteroatoms. The van der Waals surface area contributed by atoms with Gasteiger partial charge in [0.05, 0.1) is 6.42 Å². The van der Waals surface area contributed by atoms with Crippen LogP contribution in [-0.4, -0.2) is 31.1 Å². The van der Waals surface area contributed by atoms with Gasteiger partial charge < -0.3 is 20.1 Å². The van der Waals surface area contributed by atoms with Crippen LogP contribution in [0.25, 0.3) is 0 Å². The van der Waals surface area contributed by atoms with Gasteiger partial charge in [-0.1, -0.05) is 22.0 Å². The lowest BCUT2D eigenvalue weighted by atomic mass is 10.1. The molecule has 0 aromatic heterocycles. The third kappa shape index (κ3) is 4.42. The molecule has 6 nitrogen and oxygen atoms in total. The predicted octanol–water partition coefficient (Wildman–Crippen LogP) is 3.29. The lowest BCUT2D eigenvalue weighted by Crippen LogP contribution is -2.25. The molecule has 27 heavy (non-hydrogen) atoms. The highest BCUT2D eigenvalue weighted by Crippen LogP contribution is 2.35. The van der Waals surface area contributed by atoms with Crippen molar-refractivity contribution >= 4 is 33.4 Å². The van der Waals surface area contributed by atoms with Crippen LogP contribution in [0.3, 0.4) is 0 Å². The van der Waals surface area contributed by atoms with Gasteiger partial charge in [-0.25, -0.2) is 0 Å². The lowest BCUT2D eigenvalue weighted by Gasteiger charge is -2.19. The topological polar surface area (TPSA) is 76.7 Å². The molecule has 2 N–H and O–H groups in total. The zero-order valence-corrected chi connectivity index (χ0v) is 16.2. The number of carbonyl (C=O) groups is 2. The number of hydrogen-bond donors (Lipinski definition) is 2. The summed E-state index contributed by atoms with van der Waals surface area (Å²) in [5.74, 6) is 1.04. The van der Waals surface area contributed by atoms with Gasteiger partial charge in [0.15, 0.2) is 11.5 Å². The third-order valence-electron chi connectivity index (χ3n) is 4.38. The second-order valence-electron chi connectivity index (χ2n) is 6.64. The Bertz CT molecular complexity index is 896. The summed E-state index contributed by atoms with van der Waals surface area (Å²) in [5.41, 5.74) is 1.94. The van der Waals surface area contributed by atoms with Gasteiger partial charge in [0.1, 0.15) is 13.2 Å². The van der Waals surface area contributed by atoms with E-state index >= 15 is 0 Å². The van der Waals surface area contributed by atoms with Gasteiger partial charge in [-0.15, -0.1) is 0 Å². The van der Waals surface area contributed by atoms with E-state index in [0.29, 0.717) is 42.0 Å². The Balaban J connectivity index is 1.43. The van der Waals surface area contributed by atoms with Crippen molar-refractivity contribution in [3.8, 4) is 11.5 Å². The van der Waals surface area contributed by atoms with Crippen molar-refractivity contribution in [3.63, 3.8) is 0 Å². The van der Waals surface area contributed by atoms with Crippen LogP contribution < -0.4 is 20.1 Å². The molecule has 1 saturated carbocycles. The number of ether oxygens (including phenoxy) is 2. The summed E-state index contributed by atoms with van der Waals surface area (Å²) in [6, 6.07) is 10.9. The van der Waals surface area contributed by atoms with Crippen LogP contribution in [-0.2, 0) is 11.2 Å². The highest BCUT2D eigenvalue weighted by atomic mass is 79.9. The molecule has 0 atom stereocenters. The van der Waals surface area contributed by atoms with E-state index in [4.69, 9.17) is 9.47 Å². The van der Waals surface area contributed by atoms with E-state index in [1.807, 2.05) is 12.1 Å². The van der Waals surface area contributed by atoms with E-state index in [0.717, 1.165) is 22.9 Å². The summed E-state index contributed by atoms with van der Waals surface area (Å²) in [6.07, 6.45) is 2.24. The minimum Gasteiger partial charge on any atom is -0.486 e. The molecule has 1 aliphatic carbocycles. The van der Waals surface area contributed by atoms with Crippen LogP contribution in [0.5, 0.6) is 11.5 Å². The first kappa shape index (κ1) is 17.9. The molecular formula is C20H19BrN2O4. The molecule has 1 aliphatic heterocycles. The van der Waals surface area contributed by atoms with Gasteiger partial charge in [-0.3, -0.25) is 9.59 Å². The number of amides is 2. The molecule has 2 aliphatic rings. The number of halogens is 1. The summed E-state index contributed by atoms with van der Waals surface area (Å²) in [4.78, 5) is 24.6. The normalized spacial score (nSPS) is 15.1. The summed E-state index contributed by atoms with van der Waals surface area (Å²) < 4.78 is 11.9. The summed E-state index contributed by atoms with van der Waals surface area (Å²) in [7, 11) is 0. The average Bonchev–Trinajstić information content (AvgIpc) is 3.46. The molecule has 2 aromatic carbocycles. The van der Waals surface area contributed by atoms with Crippen molar-refractivity contribution in [2.24, 2.45) is 0 Å². The van der Waals surface area contributed by atoms with Crippen LogP contribution in [0, 0.1) is 0 Å². The van der Waals surface area contributed by atoms with Gasteiger partial charge >= 0.3 is 0 Å². The maximum Gasteiger partial charge on any atom is 0.251 e. The van der Waals surface area contributed by atoms with Crippen molar-refractivity contribution in [3.05, 3.63) is 52.0 Å². The Morgan fingerprint density at radius 3 is 2.56 bits per heavy atom. The minimum atomic E-state index is -0.174. The van der Waals surface area contributed by atoms with E-state index in [-0.39, 0.29) is 18.2 Å². The van der Waals surface area contributed by atoms with E-state index in [1.165, 1.54) is 0 Å². The standard InChI is InChI=1S/C20H19BrN2O4/c21-16-11-18-17(26-6-7-27-18)9-13(16)10-19(24)22-15-3-1-2-12(8-15)20(25)23-14-4-5-14/h1-3,8-9,11,14H,4-7,10H2,(H,22,24)(H,23,25). The first-order valence-electron chi connectivity index (χ1n) is 8.87. The zero-order valence-electron chi connectivity index (χ0n) is 14.6. The Hall–Kier alpha value is -2.54. The lowest BCUT2D eigenvalue weighted by molar-refractivity contribution is -0.115. The quantitative estimate of drug-likeness (QED) is 0.762. The van der Waals surface area contributed by atoms with Crippen LogP contribution in [0.4, 0.5) is 5.69 Å². The van der Waals surface area contributed by atoms with Crippen molar-refractivity contribution < 1.29 is 19.1 Å². The fourth-order valence-electron chi connectivity index (χ4n) is 2.85. The second kappa shape index (κ2) is 7.60. The van der Waals surface area contributed by atoms with Crippen LogP contribution >= 0.6 is 15.9 Å². The van der Waals surface area contributed by atoms with Gasteiger partial charge in [0.2, 0.25) is 5.91 Å². The Morgan fingerprint density at radius 2 is 1.81 bits per heavy atom. The van der Waals surface area contributed by atoms with Crippen molar-refractivity contribution in [1.82, 2.24) is 5.32 Å². The molecule has 2 amide bonds. The number of anilines is 1. The number of carbonyl (C=O) groups excluding carboxylic acids is 2. The van der Waals surface area contributed by atoms with Gasteiger partial charge in [0, 0.05) is 21.8 Å². The van der Waals surface area contributed by atoms with Gasteiger partial charge in [-0.05, 0) is 48.7 Å². The number of hydrogen-bond acceptors (Lipinski definition) is 4. The molecule has 0 unspecified atom stereocenters. The SMILES string of the molecule is O=C(Cc1cc2c(cc1Br)OCCO2)Nc1cccc(C(=O)NC2CC2)c1. The largest absolute Gasteiger partial charge is 0.486 e. The fourth-order valence-corrected chi connectivity index (χ4v) is 3.32. The molecule has 0 spiro atoms. The average molecular weight is 431 g/mol. The summed E-state index contributed by atoms with van der Waals surface area (Å²) in [5, 5.41) is 5.79. The molecule has 1 heterocycles. The van der Waals surface area contributed by atoms with Crippen LogP contribution in [0.15, 0.2) is 40.9 Å². The second-order valence-corrected chi connectivity index (χ2v) is 7.50. The van der Waals surface area contributed by atoms with E-state index in [2.05, 4.69) is 26.6 Å². The minimum absolute atomic E-state index is 0.108. The molecule has 2 aromatic rings. The number of benzene rings is 2. The Morgan fingerprint density at radius 1 is 1.07 bits per heavy atom. The van der Waals surface area contributed by atoms with Gasteiger partial charge in [-0.2, -0.15) is 0 Å². The predicted molar refractivity (Wildman–Crippen MR) is 104 cm³/mol. The number of fused-ring (bicyclic) bond motifs is 1. The maximum absolute atomic E-state index is 12.5. The van der Waals surface area contributed by atoms with E-state index in [9.17, 15) is 9.59 Å². The smallest absolute Gasteiger partial charge is 0.251 e. The maximum atomic E-state index is 12.5. The Labute approximate surface area is 165 Å².